The Morgan fingerprint density at radius 1 is 1.07 bits per heavy atom. The standard InChI is InChI=1S/C22H24Cl2N2O/c23-20-10-9-18(15-21(20)24)16-26-13-11-19(12-14-26)25-22(27)8-4-7-17-5-2-1-3-6-17/h1-7,9-10,15,19H,8,11-14,16H2,(H,25,27). The Morgan fingerprint density at radius 3 is 2.52 bits per heavy atom. The molecule has 0 unspecified atom stereocenters. The molecule has 3 rings (SSSR count). The SMILES string of the molecule is O=C(CC=Cc1ccccc1)NC1CCN(Cc2ccc(Cl)c(Cl)c2)CC1. The summed E-state index contributed by atoms with van der Waals surface area (Å²) in [5, 5.41) is 4.33. The average molecular weight is 403 g/mol. The number of likely N-dealkylation sites (tertiary alicyclic amines) is 1. The van der Waals surface area contributed by atoms with Crippen LogP contribution in [0.3, 0.4) is 0 Å². The second kappa shape index (κ2) is 9.93. The number of rotatable bonds is 6. The van der Waals surface area contributed by atoms with Gasteiger partial charge in [0.2, 0.25) is 5.91 Å². The molecule has 142 valence electrons. The van der Waals surface area contributed by atoms with E-state index in [1.165, 1.54) is 0 Å². The second-order valence-electron chi connectivity index (χ2n) is 6.88. The van der Waals surface area contributed by atoms with Crippen LogP contribution >= 0.6 is 23.2 Å². The lowest BCUT2D eigenvalue weighted by Crippen LogP contribution is -2.44. The molecule has 1 aliphatic heterocycles. The Kier molecular flexibility index (Phi) is 7.33. The first kappa shape index (κ1) is 19.9. The molecule has 0 aliphatic carbocycles. The molecule has 0 aromatic heterocycles. The predicted octanol–water partition coefficient (Wildman–Crippen LogP) is 5.18. The van der Waals surface area contributed by atoms with Crippen LogP contribution in [0.25, 0.3) is 6.08 Å². The molecule has 1 heterocycles. The van der Waals surface area contributed by atoms with Gasteiger partial charge in [0.05, 0.1) is 10.0 Å². The fraction of sp³-hybridized carbons (Fsp3) is 0.318. The number of nitrogens with zero attached hydrogens (tertiary/aromatic N) is 1. The minimum atomic E-state index is 0.0881. The molecule has 0 bridgehead atoms. The molecule has 2 aromatic rings. The highest BCUT2D eigenvalue weighted by Crippen LogP contribution is 2.24. The maximum absolute atomic E-state index is 12.1. The summed E-state index contributed by atoms with van der Waals surface area (Å²) in [6.07, 6.45) is 6.26. The van der Waals surface area contributed by atoms with E-state index in [-0.39, 0.29) is 11.9 Å². The molecule has 0 atom stereocenters. The van der Waals surface area contributed by atoms with Crippen LogP contribution in [0.4, 0.5) is 0 Å². The van der Waals surface area contributed by atoms with Gasteiger partial charge in [0.25, 0.3) is 0 Å². The third kappa shape index (κ3) is 6.39. The van der Waals surface area contributed by atoms with E-state index in [1.807, 2.05) is 60.7 Å². The number of piperidine rings is 1. The lowest BCUT2D eigenvalue weighted by Gasteiger charge is -2.32. The van der Waals surface area contributed by atoms with Gasteiger partial charge in [-0.1, -0.05) is 71.8 Å². The van der Waals surface area contributed by atoms with Crippen molar-refractivity contribution in [3.63, 3.8) is 0 Å². The van der Waals surface area contributed by atoms with Crippen LogP contribution in [-0.2, 0) is 11.3 Å². The molecule has 1 amide bonds. The molecule has 0 radical (unpaired) electrons. The second-order valence-corrected chi connectivity index (χ2v) is 7.70. The van der Waals surface area contributed by atoms with Crippen molar-refractivity contribution in [3.8, 4) is 0 Å². The largest absolute Gasteiger partial charge is 0.353 e. The number of carbonyl (C=O) groups is 1. The van der Waals surface area contributed by atoms with Crippen molar-refractivity contribution >= 4 is 35.2 Å². The van der Waals surface area contributed by atoms with Gasteiger partial charge in [-0.05, 0) is 36.1 Å². The molecule has 5 heteroatoms. The van der Waals surface area contributed by atoms with Crippen molar-refractivity contribution in [1.82, 2.24) is 10.2 Å². The van der Waals surface area contributed by atoms with Crippen molar-refractivity contribution < 1.29 is 4.79 Å². The van der Waals surface area contributed by atoms with E-state index in [0.717, 1.165) is 43.6 Å². The summed E-state index contributed by atoms with van der Waals surface area (Å²) >= 11 is 12.1. The van der Waals surface area contributed by atoms with Crippen molar-refractivity contribution in [1.29, 1.82) is 0 Å². The highest BCUT2D eigenvalue weighted by molar-refractivity contribution is 6.42. The fourth-order valence-corrected chi connectivity index (χ4v) is 3.61. The van der Waals surface area contributed by atoms with Crippen molar-refractivity contribution in [2.24, 2.45) is 0 Å². The van der Waals surface area contributed by atoms with Crippen LogP contribution in [0, 0.1) is 0 Å². The fourth-order valence-electron chi connectivity index (χ4n) is 3.28. The summed E-state index contributed by atoms with van der Waals surface area (Å²) in [5.74, 6) is 0.0881. The first-order valence-electron chi connectivity index (χ1n) is 9.27. The number of hydrogen-bond acceptors (Lipinski definition) is 2. The zero-order chi connectivity index (χ0) is 19.1. The normalized spacial score (nSPS) is 15.9. The van der Waals surface area contributed by atoms with Gasteiger partial charge in [-0.15, -0.1) is 0 Å². The van der Waals surface area contributed by atoms with E-state index in [9.17, 15) is 4.79 Å². The molecule has 3 nitrogen and oxygen atoms in total. The number of carbonyl (C=O) groups excluding carboxylic acids is 1. The van der Waals surface area contributed by atoms with Crippen LogP contribution < -0.4 is 5.32 Å². The lowest BCUT2D eigenvalue weighted by molar-refractivity contribution is -0.121. The summed E-state index contributed by atoms with van der Waals surface area (Å²) in [6.45, 7) is 2.79. The summed E-state index contributed by atoms with van der Waals surface area (Å²) in [4.78, 5) is 14.5. The summed E-state index contributed by atoms with van der Waals surface area (Å²) in [7, 11) is 0. The number of amides is 1. The maximum atomic E-state index is 12.1. The first-order chi connectivity index (χ1) is 13.1. The van der Waals surface area contributed by atoms with Crippen molar-refractivity contribution in [2.45, 2.75) is 31.8 Å². The first-order valence-corrected chi connectivity index (χ1v) is 10.0. The molecule has 1 fully saturated rings. The quantitative estimate of drug-likeness (QED) is 0.721. The van der Waals surface area contributed by atoms with Gasteiger partial charge in [-0.25, -0.2) is 0 Å². The lowest BCUT2D eigenvalue weighted by atomic mass is 10.0. The topological polar surface area (TPSA) is 32.3 Å². The molecule has 1 aliphatic rings. The monoisotopic (exact) mass is 402 g/mol. The number of nitrogens with one attached hydrogen (secondary N) is 1. The van der Waals surface area contributed by atoms with Crippen LogP contribution in [0.5, 0.6) is 0 Å². The Labute approximate surface area is 171 Å². The van der Waals surface area contributed by atoms with Crippen molar-refractivity contribution in [3.05, 3.63) is 75.8 Å². The highest BCUT2D eigenvalue weighted by Gasteiger charge is 2.20. The zero-order valence-corrected chi connectivity index (χ0v) is 16.7. The van der Waals surface area contributed by atoms with Crippen molar-refractivity contribution in [2.75, 3.05) is 13.1 Å². The number of halogens is 2. The molecule has 1 N–H and O–H groups in total. The molecule has 1 saturated heterocycles. The van der Waals surface area contributed by atoms with Gasteiger partial charge in [0.1, 0.15) is 0 Å². The van der Waals surface area contributed by atoms with Gasteiger partial charge in [-0.2, -0.15) is 0 Å². The summed E-state index contributed by atoms with van der Waals surface area (Å²) in [5.41, 5.74) is 2.28. The van der Waals surface area contributed by atoms with Gasteiger partial charge < -0.3 is 5.32 Å². The Hall–Kier alpha value is -1.81. The number of benzene rings is 2. The van der Waals surface area contributed by atoms with E-state index in [0.29, 0.717) is 16.5 Å². The average Bonchev–Trinajstić information content (AvgIpc) is 2.67. The van der Waals surface area contributed by atoms with Gasteiger partial charge >= 0.3 is 0 Å². The van der Waals surface area contributed by atoms with E-state index in [1.54, 1.807) is 0 Å². The van der Waals surface area contributed by atoms with Crippen LogP contribution in [-0.4, -0.2) is 29.9 Å². The molecular weight excluding hydrogens is 379 g/mol. The molecule has 0 saturated carbocycles. The smallest absolute Gasteiger partial charge is 0.224 e. The summed E-state index contributed by atoms with van der Waals surface area (Å²) in [6, 6.07) is 16.1. The van der Waals surface area contributed by atoms with Gasteiger partial charge in [0, 0.05) is 32.1 Å². The molecule has 0 spiro atoms. The van der Waals surface area contributed by atoms with E-state index in [4.69, 9.17) is 23.2 Å². The predicted molar refractivity (Wildman–Crippen MR) is 113 cm³/mol. The third-order valence-electron chi connectivity index (χ3n) is 4.76. The Bertz CT molecular complexity index is 784. The van der Waals surface area contributed by atoms with E-state index in [2.05, 4.69) is 10.2 Å². The van der Waals surface area contributed by atoms with Crippen LogP contribution in [0.1, 0.15) is 30.4 Å². The van der Waals surface area contributed by atoms with Crippen LogP contribution in [0.2, 0.25) is 10.0 Å². The molecule has 27 heavy (non-hydrogen) atoms. The van der Waals surface area contributed by atoms with Crippen LogP contribution in [0.15, 0.2) is 54.6 Å². The van der Waals surface area contributed by atoms with Gasteiger partial charge in [-0.3, -0.25) is 9.69 Å². The Morgan fingerprint density at radius 2 is 1.81 bits per heavy atom. The minimum Gasteiger partial charge on any atom is -0.353 e. The number of hydrogen-bond donors (Lipinski definition) is 1. The zero-order valence-electron chi connectivity index (χ0n) is 15.2. The molecule has 2 aromatic carbocycles. The minimum absolute atomic E-state index is 0.0881. The summed E-state index contributed by atoms with van der Waals surface area (Å²) < 4.78 is 0. The van der Waals surface area contributed by atoms with E-state index >= 15 is 0 Å². The third-order valence-corrected chi connectivity index (χ3v) is 5.50. The molecular formula is C22H24Cl2N2O. The maximum Gasteiger partial charge on any atom is 0.224 e. The Balaban J connectivity index is 1.39. The van der Waals surface area contributed by atoms with E-state index < -0.39 is 0 Å². The van der Waals surface area contributed by atoms with Gasteiger partial charge in [0.15, 0.2) is 0 Å². The highest BCUT2D eigenvalue weighted by atomic mass is 35.5.